The van der Waals surface area contributed by atoms with E-state index in [-0.39, 0.29) is 21.2 Å². The molecule has 1 amide bonds. The van der Waals surface area contributed by atoms with E-state index in [2.05, 4.69) is 5.32 Å². The molecule has 1 fully saturated rings. The number of halogens is 2. The van der Waals surface area contributed by atoms with Gasteiger partial charge in [0.25, 0.3) is 5.91 Å². The van der Waals surface area contributed by atoms with E-state index in [0.29, 0.717) is 30.4 Å². The summed E-state index contributed by atoms with van der Waals surface area (Å²) < 4.78 is 33.0. The number of hydrogen-bond acceptors (Lipinski definition) is 4. The molecular formula is C19H20Cl2N2O4S. The highest BCUT2D eigenvalue weighted by Crippen LogP contribution is 2.32. The quantitative estimate of drug-likeness (QED) is 0.717. The summed E-state index contributed by atoms with van der Waals surface area (Å²) in [6, 6.07) is 9.10. The summed E-state index contributed by atoms with van der Waals surface area (Å²) in [5, 5.41) is 3.31. The van der Waals surface area contributed by atoms with E-state index in [1.54, 1.807) is 25.1 Å². The van der Waals surface area contributed by atoms with Crippen LogP contribution in [0.15, 0.2) is 41.3 Å². The Balaban J connectivity index is 1.93. The Labute approximate surface area is 174 Å². The Morgan fingerprint density at radius 1 is 1.14 bits per heavy atom. The number of nitrogens with zero attached hydrogens (tertiary/aromatic N) is 1. The first-order valence-corrected chi connectivity index (χ1v) is 11.1. The number of amides is 1. The van der Waals surface area contributed by atoms with Crippen LogP contribution in [0.3, 0.4) is 0 Å². The van der Waals surface area contributed by atoms with Crippen molar-refractivity contribution in [3.8, 4) is 5.75 Å². The second-order valence-corrected chi connectivity index (χ2v) is 9.03. The number of hydrogen-bond donors (Lipinski definition) is 1. The molecule has 3 rings (SSSR count). The average Bonchev–Trinajstić information content (AvgIpc) is 3.18. The molecule has 0 radical (unpaired) electrons. The summed E-state index contributed by atoms with van der Waals surface area (Å²) >= 11 is 11.9. The van der Waals surface area contributed by atoms with E-state index in [0.717, 1.165) is 12.8 Å². The predicted octanol–water partition coefficient (Wildman–Crippen LogP) is 4.43. The third kappa shape index (κ3) is 4.43. The number of nitrogens with one attached hydrogen (secondary N) is 1. The monoisotopic (exact) mass is 442 g/mol. The first kappa shape index (κ1) is 20.9. The predicted molar refractivity (Wildman–Crippen MR) is 110 cm³/mol. The zero-order valence-electron chi connectivity index (χ0n) is 15.2. The van der Waals surface area contributed by atoms with Gasteiger partial charge in [-0.15, -0.1) is 0 Å². The number of carbonyl (C=O) groups excluding carboxylic acids is 1. The van der Waals surface area contributed by atoms with Gasteiger partial charge in [-0.25, -0.2) is 8.42 Å². The highest BCUT2D eigenvalue weighted by atomic mass is 35.5. The number of rotatable bonds is 6. The molecule has 1 aliphatic heterocycles. The highest BCUT2D eigenvalue weighted by molar-refractivity contribution is 7.89. The molecule has 0 bridgehead atoms. The van der Waals surface area contributed by atoms with Gasteiger partial charge in [-0.2, -0.15) is 4.31 Å². The lowest BCUT2D eigenvalue weighted by molar-refractivity contribution is 0.102. The molecule has 2 aromatic carbocycles. The molecule has 28 heavy (non-hydrogen) atoms. The van der Waals surface area contributed by atoms with Crippen molar-refractivity contribution in [3.05, 3.63) is 52.0 Å². The minimum atomic E-state index is -3.71. The molecule has 1 aliphatic rings. The van der Waals surface area contributed by atoms with Crippen LogP contribution in [-0.2, 0) is 10.0 Å². The summed E-state index contributed by atoms with van der Waals surface area (Å²) in [6.07, 6.45) is 1.66. The molecule has 0 atom stereocenters. The Bertz CT molecular complexity index is 989. The third-order valence-electron chi connectivity index (χ3n) is 4.36. The van der Waals surface area contributed by atoms with Gasteiger partial charge in [-0.3, -0.25) is 4.79 Å². The van der Waals surface area contributed by atoms with Crippen molar-refractivity contribution in [2.75, 3.05) is 25.0 Å². The van der Waals surface area contributed by atoms with Gasteiger partial charge >= 0.3 is 0 Å². The van der Waals surface area contributed by atoms with Gasteiger partial charge in [-0.05, 0) is 56.2 Å². The second-order valence-electron chi connectivity index (χ2n) is 6.28. The van der Waals surface area contributed by atoms with Crippen LogP contribution in [-0.4, -0.2) is 38.3 Å². The minimum Gasteiger partial charge on any atom is -0.492 e. The molecule has 0 unspecified atom stereocenters. The first-order chi connectivity index (χ1) is 13.3. The molecule has 1 N–H and O–H groups in total. The van der Waals surface area contributed by atoms with Gasteiger partial charge in [0.05, 0.1) is 17.2 Å². The first-order valence-electron chi connectivity index (χ1n) is 8.86. The highest BCUT2D eigenvalue weighted by Gasteiger charge is 2.30. The van der Waals surface area contributed by atoms with Crippen molar-refractivity contribution in [2.45, 2.75) is 24.7 Å². The van der Waals surface area contributed by atoms with Gasteiger partial charge in [0, 0.05) is 23.8 Å². The fourth-order valence-electron chi connectivity index (χ4n) is 3.00. The molecule has 1 saturated heterocycles. The molecule has 1 heterocycles. The van der Waals surface area contributed by atoms with Crippen LogP contribution in [0.4, 0.5) is 5.69 Å². The number of ether oxygens (including phenoxy) is 1. The van der Waals surface area contributed by atoms with Crippen LogP contribution < -0.4 is 10.1 Å². The Morgan fingerprint density at radius 3 is 2.50 bits per heavy atom. The van der Waals surface area contributed by atoms with Crippen molar-refractivity contribution < 1.29 is 17.9 Å². The maximum atomic E-state index is 13.0. The number of carbonyl (C=O) groups is 1. The molecule has 150 valence electrons. The van der Waals surface area contributed by atoms with Crippen molar-refractivity contribution in [2.24, 2.45) is 0 Å². The van der Waals surface area contributed by atoms with Crippen molar-refractivity contribution in [1.82, 2.24) is 4.31 Å². The van der Waals surface area contributed by atoms with E-state index in [4.69, 9.17) is 27.9 Å². The van der Waals surface area contributed by atoms with Gasteiger partial charge < -0.3 is 10.1 Å². The molecule has 9 heteroatoms. The average molecular weight is 443 g/mol. The number of sulfonamides is 1. The van der Waals surface area contributed by atoms with Crippen molar-refractivity contribution >= 4 is 44.8 Å². The molecule has 0 aromatic heterocycles. The van der Waals surface area contributed by atoms with Crippen molar-refractivity contribution in [3.63, 3.8) is 0 Å². The van der Waals surface area contributed by atoms with Crippen LogP contribution in [0.2, 0.25) is 10.0 Å². The van der Waals surface area contributed by atoms with E-state index in [1.807, 2.05) is 0 Å². The Hall–Kier alpha value is -1.80. The molecule has 0 saturated carbocycles. The summed E-state index contributed by atoms with van der Waals surface area (Å²) in [7, 11) is -3.71. The topological polar surface area (TPSA) is 75.7 Å². The van der Waals surface area contributed by atoms with E-state index in [1.165, 1.54) is 22.5 Å². The second kappa shape index (κ2) is 8.69. The summed E-state index contributed by atoms with van der Waals surface area (Å²) in [5.41, 5.74) is 0.571. The maximum absolute atomic E-state index is 13.0. The summed E-state index contributed by atoms with van der Waals surface area (Å²) in [5.74, 6) is -0.202. The smallest absolute Gasteiger partial charge is 0.257 e. The molecule has 0 aliphatic carbocycles. The lowest BCUT2D eigenvalue weighted by atomic mass is 10.2. The Kier molecular flexibility index (Phi) is 6.50. The minimum absolute atomic E-state index is 0.0382. The van der Waals surface area contributed by atoms with Crippen LogP contribution in [0.5, 0.6) is 5.75 Å². The maximum Gasteiger partial charge on any atom is 0.257 e. The Morgan fingerprint density at radius 2 is 1.86 bits per heavy atom. The fraction of sp³-hybridized carbons (Fsp3) is 0.316. The van der Waals surface area contributed by atoms with Gasteiger partial charge in [-0.1, -0.05) is 23.2 Å². The van der Waals surface area contributed by atoms with Gasteiger partial charge in [0.1, 0.15) is 10.6 Å². The number of benzene rings is 2. The molecule has 6 nitrogen and oxygen atoms in total. The van der Waals surface area contributed by atoms with E-state index in [9.17, 15) is 13.2 Å². The van der Waals surface area contributed by atoms with Crippen LogP contribution >= 0.6 is 23.2 Å². The van der Waals surface area contributed by atoms with Crippen LogP contribution in [0.1, 0.15) is 30.1 Å². The van der Waals surface area contributed by atoms with E-state index >= 15 is 0 Å². The van der Waals surface area contributed by atoms with Crippen LogP contribution in [0, 0.1) is 0 Å². The molecule has 0 spiro atoms. The fourth-order valence-corrected chi connectivity index (χ4v) is 5.17. The zero-order valence-corrected chi connectivity index (χ0v) is 17.6. The van der Waals surface area contributed by atoms with Crippen molar-refractivity contribution in [1.29, 1.82) is 0 Å². The summed E-state index contributed by atoms with van der Waals surface area (Å²) in [6.45, 7) is 3.06. The molecule has 2 aromatic rings. The summed E-state index contributed by atoms with van der Waals surface area (Å²) in [4.78, 5) is 12.6. The normalized spacial score (nSPS) is 14.8. The third-order valence-corrected chi connectivity index (χ3v) is 6.83. The van der Waals surface area contributed by atoms with Gasteiger partial charge in [0.2, 0.25) is 10.0 Å². The molecular weight excluding hydrogens is 423 g/mol. The lowest BCUT2D eigenvalue weighted by Gasteiger charge is -2.19. The largest absolute Gasteiger partial charge is 0.492 e. The SMILES string of the molecule is CCOc1ccc(NC(=O)c2ccc(Cl)cc2Cl)cc1S(=O)(=O)N1CCCC1. The van der Waals surface area contributed by atoms with E-state index < -0.39 is 15.9 Å². The standard InChI is InChI=1S/C19H20Cl2N2O4S/c1-2-27-17-8-6-14(12-18(17)28(25,26)23-9-3-4-10-23)22-19(24)15-7-5-13(20)11-16(15)21/h5-8,11-12H,2-4,9-10H2,1H3,(H,22,24). The lowest BCUT2D eigenvalue weighted by Crippen LogP contribution is -2.28. The van der Waals surface area contributed by atoms with Crippen LogP contribution in [0.25, 0.3) is 0 Å². The van der Waals surface area contributed by atoms with Gasteiger partial charge in [0.15, 0.2) is 0 Å². The number of anilines is 1. The zero-order chi connectivity index (χ0) is 20.3.